The van der Waals surface area contributed by atoms with Crippen molar-refractivity contribution in [2.75, 3.05) is 0 Å². The molecular weight excluding hydrogens is 154 g/mol. The number of hydrogen-bond acceptors (Lipinski definition) is 4. The average Bonchev–Trinajstić information content (AvgIpc) is 2.55. The van der Waals surface area contributed by atoms with Crippen molar-refractivity contribution >= 4 is 11.4 Å². The molecule has 4 heteroatoms. The number of rotatable bonds is 0. The molecule has 1 N–H and O–H groups in total. The van der Waals surface area contributed by atoms with Crippen LogP contribution in [-0.2, 0) is 0 Å². The van der Waals surface area contributed by atoms with E-state index in [4.69, 9.17) is 20.4 Å². The summed E-state index contributed by atoms with van der Waals surface area (Å²) in [5.41, 5.74) is -0.0373. The molecule has 56 valence electrons. The maximum Gasteiger partial charge on any atom is 0.173 e. The van der Waals surface area contributed by atoms with Gasteiger partial charge in [0.25, 0.3) is 0 Å². The van der Waals surface area contributed by atoms with Gasteiger partial charge in [0.1, 0.15) is 12.1 Å². The Balaban J connectivity index is 3.83. The molecule has 0 aliphatic rings. The van der Waals surface area contributed by atoms with Crippen LogP contribution in [0.5, 0.6) is 0 Å². The highest BCUT2D eigenvalue weighted by Crippen LogP contribution is 1.83. The summed E-state index contributed by atoms with van der Waals surface area (Å²) in [4.78, 5) is 0. The quantitative estimate of drug-likeness (QED) is 0.510. The van der Waals surface area contributed by atoms with Crippen molar-refractivity contribution < 1.29 is 4.42 Å². The highest BCUT2D eigenvalue weighted by atomic mass is 16.3. The minimum Gasteiger partial charge on any atom is -0.461 e. The van der Waals surface area contributed by atoms with Crippen LogP contribution < -0.4 is 10.6 Å². The van der Waals surface area contributed by atoms with E-state index < -0.39 is 0 Å². The summed E-state index contributed by atoms with van der Waals surface area (Å²) >= 11 is 0. The fourth-order valence-corrected chi connectivity index (χ4v) is 0.728. The number of nitrogens with zero attached hydrogens (tertiary/aromatic N) is 2. The minimum atomic E-state index is -0.144. The van der Waals surface area contributed by atoms with E-state index in [1.807, 2.05) is 0 Å². The van der Waals surface area contributed by atoms with Crippen LogP contribution in [0.15, 0.2) is 16.7 Å². The third-order valence-corrected chi connectivity index (χ3v) is 1.25. The third-order valence-electron chi connectivity index (χ3n) is 1.25. The van der Waals surface area contributed by atoms with Gasteiger partial charge in [-0.25, -0.2) is 0 Å². The van der Waals surface area contributed by atoms with Crippen LogP contribution in [0.25, 0.3) is 5.57 Å². The molecule has 0 fully saturated rings. The monoisotopic (exact) mass is 157 g/mol. The smallest absolute Gasteiger partial charge is 0.173 e. The van der Waals surface area contributed by atoms with E-state index in [-0.39, 0.29) is 11.0 Å². The van der Waals surface area contributed by atoms with Crippen LogP contribution >= 0.6 is 0 Å². The summed E-state index contributed by atoms with van der Waals surface area (Å²) < 4.78 is 4.83. The maximum atomic E-state index is 8.46. The van der Waals surface area contributed by atoms with Crippen molar-refractivity contribution in [2.45, 2.75) is 0 Å². The van der Waals surface area contributed by atoms with E-state index in [0.717, 1.165) is 0 Å². The molecule has 0 aromatic carbocycles. The van der Waals surface area contributed by atoms with Gasteiger partial charge >= 0.3 is 0 Å². The summed E-state index contributed by atoms with van der Waals surface area (Å²) in [5, 5.41) is 24.0. The van der Waals surface area contributed by atoms with Crippen molar-refractivity contribution in [2.24, 2.45) is 0 Å². The van der Waals surface area contributed by atoms with Gasteiger partial charge in [0.15, 0.2) is 11.0 Å². The minimum absolute atomic E-state index is 0.106. The molecule has 0 aliphatic carbocycles. The predicted octanol–water partition coefficient (Wildman–Crippen LogP) is -0.602. The number of nitriles is 2. The number of hydrogen-bond donors (Lipinski definition) is 1. The highest BCUT2D eigenvalue weighted by Gasteiger charge is 1.98. The first-order valence-electron chi connectivity index (χ1n) is 3.01. The Morgan fingerprint density at radius 2 is 2.08 bits per heavy atom. The van der Waals surface area contributed by atoms with E-state index in [1.165, 1.54) is 12.3 Å². The normalized spacial score (nSPS) is 7.83. The van der Waals surface area contributed by atoms with Gasteiger partial charge in [-0.05, 0) is 11.9 Å². The topological polar surface area (TPSA) is 84.6 Å². The van der Waals surface area contributed by atoms with Crippen molar-refractivity contribution in [3.8, 4) is 12.1 Å². The van der Waals surface area contributed by atoms with E-state index in [1.54, 1.807) is 12.1 Å². The van der Waals surface area contributed by atoms with Crippen LogP contribution in [0.3, 0.4) is 0 Å². The van der Waals surface area contributed by atoms with Crippen LogP contribution in [0.1, 0.15) is 0 Å². The van der Waals surface area contributed by atoms with Gasteiger partial charge in [-0.2, -0.15) is 10.5 Å². The Bertz CT molecular complexity index is 490. The summed E-state index contributed by atoms with van der Waals surface area (Å²) in [7, 11) is 0. The summed E-state index contributed by atoms with van der Waals surface area (Å²) in [6.07, 6.45) is 1.31. The molecule has 0 saturated heterocycles. The van der Waals surface area contributed by atoms with Crippen molar-refractivity contribution in [1.82, 2.24) is 0 Å². The zero-order chi connectivity index (χ0) is 8.97. The SMILES string of the molecule is N#CC(C#N)=c1occc1=C=N. The molecule has 1 aromatic heterocycles. The highest BCUT2D eigenvalue weighted by molar-refractivity contribution is 5.72. The Hall–Kier alpha value is -2.29. The predicted molar refractivity (Wildman–Crippen MR) is 39.4 cm³/mol. The first-order chi connectivity index (χ1) is 5.83. The molecule has 0 unspecified atom stereocenters. The van der Waals surface area contributed by atoms with Crippen LogP contribution in [0, 0.1) is 28.1 Å². The first-order valence-corrected chi connectivity index (χ1v) is 3.01. The molecule has 0 amide bonds. The second-order valence-corrected chi connectivity index (χ2v) is 1.89. The fraction of sp³-hybridized carbons (Fsp3) is 0. The summed E-state index contributed by atoms with van der Waals surface area (Å²) in [6.45, 7) is 0. The van der Waals surface area contributed by atoms with Crippen LogP contribution in [0.2, 0.25) is 0 Å². The van der Waals surface area contributed by atoms with Gasteiger partial charge < -0.3 is 4.42 Å². The second kappa shape index (κ2) is 3.21. The number of nitrogens with one attached hydrogen (secondary N) is 1. The molecule has 0 atom stereocenters. The molecule has 0 saturated carbocycles. The molecule has 1 heterocycles. The standard InChI is InChI=1S/C8H3N3O/c9-3-6-1-2-12-8(6)7(4-10)5-11/h1-2,9H. The van der Waals surface area contributed by atoms with Crippen molar-refractivity contribution in [3.63, 3.8) is 0 Å². The average molecular weight is 157 g/mol. The zero-order valence-corrected chi connectivity index (χ0v) is 5.96. The van der Waals surface area contributed by atoms with Gasteiger partial charge in [-0.1, -0.05) is 0 Å². The number of furan rings is 1. The van der Waals surface area contributed by atoms with E-state index in [9.17, 15) is 0 Å². The molecule has 0 radical (unpaired) electrons. The van der Waals surface area contributed by atoms with E-state index in [0.29, 0.717) is 5.22 Å². The van der Waals surface area contributed by atoms with Crippen LogP contribution in [-0.4, -0.2) is 5.87 Å². The Kier molecular flexibility index (Phi) is 2.09. The Labute approximate surface area is 67.8 Å². The van der Waals surface area contributed by atoms with E-state index >= 15 is 0 Å². The lowest BCUT2D eigenvalue weighted by Gasteiger charge is -1.74. The molecule has 4 nitrogen and oxygen atoms in total. The molecule has 0 aliphatic heterocycles. The molecule has 0 spiro atoms. The van der Waals surface area contributed by atoms with Crippen LogP contribution in [0.4, 0.5) is 0 Å². The Morgan fingerprint density at radius 1 is 1.42 bits per heavy atom. The lowest BCUT2D eigenvalue weighted by atomic mass is 10.3. The van der Waals surface area contributed by atoms with Crippen molar-refractivity contribution in [3.05, 3.63) is 23.0 Å². The zero-order valence-electron chi connectivity index (χ0n) is 5.96. The second-order valence-electron chi connectivity index (χ2n) is 1.89. The van der Waals surface area contributed by atoms with E-state index in [2.05, 4.69) is 5.87 Å². The maximum absolute atomic E-state index is 8.46. The van der Waals surface area contributed by atoms with Gasteiger partial charge in [0.2, 0.25) is 0 Å². The molecule has 1 rings (SSSR count). The summed E-state index contributed by atoms with van der Waals surface area (Å²) in [6, 6.07) is 4.80. The van der Waals surface area contributed by atoms with Gasteiger partial charge in [0.05, 0.1) is 11.5 Å². The third kappa shape index (κ3) is 1.11. The largest absolute Gasteiger partial charge is 0.461 e. The van der Waals surface area contributed by atoms with Gasteiger partial charge in [-0.3, -0.25) is 5.41 Å². The molecular formula is C8H3N3O. The molecule has 1 aromatic rings. The van der Waals surface area contributed by atoms with Crippen molar-refractivity contribution in [1.29, 1.82) is 15.9 Å². The first kappa shape index (κ1) is 7.81. The lowest BCUT2D eigenvalue weighted by Crippen LogP contribution is -2.22. The van der Waals surface area contributed by atoms with Gasteiger partial charge in [0, 0.05) is 0 Å². The Morgan fingerprint density at radius 3 is 2.58 bits per heavy atom. The lowest BCUT2D eigenvalue weighted by molar-refractivity contribution is 0.530. The van der Waals surface area contributed by atoms with Gasteiger partial charge in [-0.15, -0.1) is 0 Å². The fourth-order valence-electron chi connectivity index (χ4n) is 0.728. The molecule has 12 heavy (non-hydrogen) atoms. The molecule has 0 bridgehead atoms. The summed E-state index contributed by atoms with van der Waals surface area (Å²) in [5.74, 6) is 2.06.